The Morgan fingerprint density at radius 2 is 2.19 bits per heavy atom. The van der Waals surface area contributed by atoms with Crippen molar-refractivity contribution in [2.45, 2.75) is 44.1 Å². The summed E-state index contributed by atoms with van der Waals surface area (Å²) in [5.74, 6) is 3.95. The molecule has 3 aliphatic carbocycles. The topological polar surface area (TPSA) is 29.5 Å². The SMILES string of the molecule is OC1(C2=CCCO2)CC2CC1C1CCCC21. The Hall–Kier alpha value is -0.500. The van der Waals surface area contributed by atoms with Crippen LogP contribution >= 0.6 is 0 Å². The summed E-state index contributed by atoms with van der Waals surface area (Å²) >= 11 is 0. The van der Waals surface area contributed by atoms with Gasteiger partial charge in [-0.25, -0.2) is 0 Å². The lowest BCUT2D eigenvalue weighted by Crippen LogP contribution is -2.43. The van der Waals surface area contributed by atoms with Crippen molar-refractivity contribution in [3.63, 3.8) is 0 Å². The zero-order valence-corrected chi connectivity index (χ0v) is 9.69. The van der Waals surface area contributed by atoms with E-state index in [0.717, 1.165) is 43.0 Å². The highest BCUT2D eigenvalue weighted by Crippen LogP contribution is 2.64. The molecule has 2 nitrogen and oxygen atoms in total. The number of aliphatic hydroxyl groups is 1. The minimum Gasteiger partial charge on any atom is -0.495 e. The van der Waals surface area contributed by atoms with Crippen molar-refractivity contribution in [3.05, 3.63) is 11.8 Å². The van der Waals surface area contributed by atoms with Crippen LogP contribution in [0, 0.1) is 23.7 Å². The first kappa shape index (κ1) is 9.52. The first-order valence-corrected chi connectivity index (χ1v) is 6.85. The molecule has 0 spiro atoms. The van der Waals surface area contributed by atoms with E-state index in [2.05, 4.69) is 6.08 Å². The molecule has 16 heavy (non-hydrogen) atoms. The van der Waals surface area contributed by atoms with Gasteiger partial charge in [0.25, 0.3) is 0 Å². The summed E-state index contributed by atoms with van der Waals surface area (Å²) < 4.78 is 5.65. The summed E-state index contributed by atoms with van der Waals surface area (Å²) in [7, 11) is 0. The Morgan fingerprint density at radius 1 is 1.31 bits per heavy atom. The monoisotopic (exact) mass is 220 g/mol. The molecule has 0 aromatic carbocycles. The molecule has 1 aliphatic heterocycles. The first-order valence-electron chi connectivity index (χ1n) is 6.85. The molecule has 5 unspecified atom stereocenters. The second kappa shape index (κ2) is 3.04. The molecule has 0 aromatic heterocycles. The van der Waals surface area contributed by atoms with Crippen molar-refractivity contribution in [2.24, 2.45) is 23.7 Å². The van der Waals surface area contributed by atoms with E-state index in [1.54, 1.807) is 0 Å². The van der Waals surface area contributed by atoms with Gasteiger partial charge in [0.1, 0.15) is 11.4 Å². The Morgan fingerprint density at radius 3 is 3.00 bits per heavy atom. The second-order valence-electron chi connectivity index (χ2n) is 6.19. The molecule has 3 saturated carbocycles. The molecule has 0 radical (unpaired) electrons. The highest BCUT2D eigenvalue weighted by atomic mass is 16.5. The van der Waals surface area contributed by atoms with Crippen LogP contribution in [0.4, 0.5) is 0 Å². The average molecular weight is 220 g/mol. The molecule has 0 saturated heterocycles. The number of hydrogen-bond acceptors (Lipinski definition) is 2. The molecule has 2 bridgehead atoms. The lowest BCUT2D eigenvalue weighted by atomic mass is 9.72. The summed E-state index contributed by atoms with van der Waals surface area (Å²) in [6.45, 7) is 0.781. The molecule has 0 aromatic rings. The Bertz CT molecular complexity index is 349. The molecule has 3 fully saturated rings. The summed E-state index contributed by atoms with van der Waals surface area (Å²) in [5, 5.41) is 10.9. The Labute approximate surface area is 96.7 Å². The third kappa shape index (κ3) is 1.02. The molecule has 4 aliphatic rings. The maximum atomic E-state index is 10.9. The van der Waals surface area contributed by atoms with Crippen LogP contribution in [0.1, 0.15) is 38.5 Å². The van der Waals surface area contributed by atoms with Crippen LogP contribution in [0.2, 0.25) is 0 Å². The highest BCUT2D eigenvalue weighted by Gasteiger charge is 2.62. The minimum atomic E-state index is -0.577. The van der Waals surface area contributed by atoms with Crippen molar-refractivity contribution in [2.75, 3.05) is 6.61 Å². The van der Waals surface area contributed by atoms with Crippen LogP contribution in [0.5, 0.6) is 0 Å². The fourth-order valence-corrected chi connectivity index (χ4v) is 5.12. The van der Waals surface area contributed by atoms with Crippen LogP contribution in [-0.4, -0.2) is 17.3 Å². The Kier molecular flexibility index (Phi) is 1.81. The van der Waals surface area contributed by atoms with Crippen LogP contribution in [-0.2, 0) is 4.74 Å². The lowest BCUT2D eigenvalue weighted by molar-refractivity contribution is -0.0517. The van der Waals surface area contributed by atoms with Gasteiger partial charge in [0, 0.05) is 6.42 Å². The lowest BCUT2D eigenvalue weighted by Gasteiger charge is -2.39. The molecule has 2 heteroatoms. The van der Waals surface area contributed by atoms with Crippen molar-refractivity contribution < 1.29 is 9.84 Å². The average Bonchev–Trinajstić information content (AvgIpc) is 3.00. The van der Waals surface area contributed by atoms with Crippen molar-refractivity contribution in [3.8, 4) is 0 Å². The van der Waals surface area contributed by atoms with Crippen LogP contribution in [0.3, 0.4) is 0 Å². The van der Waals surface area contributed by atoms with E-state index in [-0.39, 0.29) is 0 Å². The van der Waals surface area contributed by atoms with E-state index in [1.807, 2.05) is 0 Å². The van der Waals surface area contributed by atoms with E-state index < -0.39 is 5.60 Å². The van der Waals surface area contributed by atoms with Gasteiger partial charge in [-0.3, -0.25) is 0 Å². The quantitative estimate of drug-likeness (QED) is 0.735. The van der Waals surface area contributed by atoms with Gasteiger partial charge in [-0.05, 0) is 55.4 Å². The van der Waals surface area contributed by atoms with Gasteiger partial charge in [0.15, 0.2) is 0 Å². The fraction of sp³-hybridized carbons (Fsp3) is 0.857. The third-order valence-corrected chi connectivity index (χ3v) is 5.62. The van der Waals surface area contributed by atoms with Crippen molar-refractivity contribution in [1.82, 2.24) is 0 Å². The third-order valence-electron chi connectivity index (χ3n) is 5.62. The smallest absolute Gasteiger partial charge is 0.124 e. The molecular formula is C14H20O2. The van der Waals surface area contributed by atoms with E-state index in [0.29, 0.717) is 5.92 Å². The van der Waals surface area contributed by atoms with E-state index in [9.17, 15) is 5.11 Å². The predicted octanol–water partition coefficient (Wildman–Crippen LogP) is 2.48. The van der Waals surface area contributed by atoms with Gasteiger partial charge in [-0.1, -0.05) is 6.42 Å². The standard InChI is InChI=1S/C14H20O2/c15-14(13-5-2-6-16-13)8-9-7-12(14)11-4-1-3-10(9)11/h5,9-12,15H,1-4,6-8H2. The fourth-order valence-electron chi connectivity index (χ4n) is 5.12. The van der Waals surface area contributed by atoms with Gasteiger partial charge in [0.05, 0.1) is 6.61 Å². The zero-order chi connectivity index (χ0) is 10.8. The first-order chi connectivity index (χ1) is 7.79. The van der Waals surface area contributed by atoms with Crippen LogP contribution < -0.4 is 0 Å². The maximum absolute atomic E-state index is 10.9. The second-order valence-corrected chi connectivity index (χ2v) is 6.19. The number of fused-ring (bicyclic) bond motifs is 5. The summed E-state index contributed by atoms with van der Waals surface area (Å²) in [6, 6.07) is 0. The number of rotatable bonds is 1. The molecule has 5 atom stereocenters. The Balaban J connectivity index is 1.68. The largest absolute Gasteiger partial charge is 0.495 e. The van der Waals surface area contributed by atoms with Crippen molar-refractivity contribution in [1.29, 1.82) is 0 Å². The molecule has 1 heterocycles. The van der Waals surface area contributed by atoms with Crippen molar-refractivity contribution >= 4 is 0 Å². The normalized spacial score (nSPS) is 53.9. The molecule has 0 amide bonds. The predicted molar refractivity (Wildman–Crippen MR) is 60.6 cm³/mol. The summed E-state index contributed by atoms with van der Waals surface area (Å²) in [5.41, 5.74) is -0.577. The molecular weight excluding hydrogens is 200 g/mol. The zero-order valence-electron chi connectivity index (χ0n) is 9.69. The van der Waals surface area contributed by atoms with Crippen LogP contribution in [0.25, 0.3) is 0 Å². The van der Waals surface area contributed by atoms with Gasteiger partial charge < -0.3 is 9.84 Å². The van der Waals surface area contributed by atoms with Gasteiger partial charge >= 0.3 is 0 Å². The molecule has 88 valence electrons. The number of ether oxygens (including phenoxy) is 1. The van der Waals surface area contributed by atoms with Crippen LogP contribution in [0.15, 0.2) is 11.8 Å². The summed E-state index contributed by atoms with van der Waals surface area (Å²) in [6.07, 6.45) is 9.51. The number of hydrogen-bond donors (Lipinski definition) is 1. The van der Waals surface area contributed by atoms with Gasteiger partial charge in [-0.2, -0.15) is 0 Å². The summed E-state index contributed by atoms with van der Waals surface area (Å²) in [4.78, 5) is 0. The minimum absolute atomic E-state index is 0.509. The molecule has 1 N–H and O–H groups in total. The highest BCUT2D eigenvalue weighted by molar-refractivity contribution is 5.23. The van der Waals surface area contributed by atoms with Gasteiger partial charge in [0.2, 0.25) is 0 Å². The van der Waals surface area contributed by atoms with Gasteiger partial charge in [-0.15, -0.1) is 0 Å². The van der Waals surface area contributed by atoms with E-state index in [4.69, 9.17) is 4.74 Å². The maximum Gasteiger partial charge on any atom is 0.124 e. The van der Waals surface area contributed by atoms with E-state index >= 15 is 0 Å². The molecule has 4 rings (SSSR count). The van der Waals surface area contributed by atoms with E-state index in [1.165, 1.54) is 25.7 Å².